The fourth-order valence-corrected chi connectivity index (χ4v) is 3.72. The summed E-state index contributed by atoms with van der Waals surface area (Å²) in [5, 5.41) is 4.26. The van der Waals surface area contributed by atoms with Crippen LogP contribution in [0.1, 0.15) is 30.4 Å². The lowest BCUT2D eigenvalue weighted by atomic mass is 10.1. The van der Waals surface area contributed by atoms with Crippen molar-refractivity contribution < 1.29 is 9.53 Å². The summed E-state index contributed by atoms with van der Waals surface area (Å²) in [6, 6.07) is 0. The Kier molecular flexibility index (Phi) is 6.68. The molecule has 1 heterocycles. The average molecular weight is 302 g/mol. The van der Waals surface area contributed by atoms with Crippen molar-refractivity contribution in [2.45, 2.75) is 25.7 Å². The van der Waals surface area contributed by atoms with E-state index in [4.69, 9.17) is 10.5 Å². The minimum atomic E-state index is -0.0352. The van der Waals surface area contributed by atoms with Crippen molar-refractivity contribution in [3.05, 3.63) is 4.88 Å². The minimum Gasteiger partial charge on any atom is -0.396 e. The van der Waals surface area contributed by atoms with Crippen molar-refractivity contribution in [2.24, 2.45) is 5.92 Å². The number of Topliss-reactive ketones (excluding diaryl/α,β-unsaturated/α-hetero) is 1. The number of hydrogen-bond acceptors (Lipinski definition) is 6. The zero-order valence-corrected chi connectivity index (χ0v) is 13.5. The molecule has 0 saturated carbocycles. The Morgan fingerprint density at radius 3 is 2.74 bits per heavy atom. The van der Waals surface area contributed by atoms with E-state index in [1.165, 1.54) is 11.3 Å². The largest absolute Gasteiger partial charge is 0.396 e. The highest BCUT2D eigenvalue weighted by Crippen LogP contribution is 2.42. The summed E-state index contributed by atoms with van der Waals surface area (Å²) in [6.07, 6.45) is 1.97. The molecule has 0 aliphatic rings. The molecule has 0 fully saturated rings. The second-order valence-electron chi connectivity index (χ2n) is 4.35. The SMILES string of the molecule is CCOCCNc1sc(C(=O)C(C)C)c(N)c1SC. The molecule has 3 N–H and O–H groups in total. The Morgan fingerprint density at radius 2 is 2.21 bits per heavy atom. The van der Waals surface area contributed by atoms with Crippen LogP contribution in [0, 0.1) is 5.92 Å². The van der Waals surface area contributed by atoms with E-state index in [2.05, 4.69) is 5.32 Å². The molecule has 1 rings (SSSR count). The van der Waals surface area contributed by atoms with Gasteiger partial charge in [0.2, 0.25) is 0 Å². The second-order valence-corrected chi connectivity index (χ2v) is 6.19. The minimum absolute atomic E-state index is 0.0352. The molecule has 0 bridgehead atoms. The molecular weight excluding hydrogens is 280 g/mol. The van der Waals surface area contributed by atoms with Gasteiger partial charge in [0.05, 0.1) is 22.1 Å². The molecule has 0 unspecified atom stereocenters. The Balaban J connectivity index is 2.86. The van der Waals surface area contributed by atoms with Gasteiger partial charge in [-0.3, -0.25) is 4.79 Å². The van der Waals surface area contributed by atoms with Crippen LogP contribution < -0.4 is 11.1 Å². The van der Waals surface area contributed by atoms with Gasteiger partial charge < -0.3 is 15.8 Å². The number of ether oxygens (including phenoxy) is 1. The first kappa shape index (κ1) is 16.3. The predicted octanol–water partition coefficient (Wildman–Crippen LogP) is 3.34. The summed E-state index contributed by atoms with van der Waals surface area (Å²) in [7, 11) is 0. The standard InChI is InChI=1S/C13H22N2O2S2/c1-5-17-7-6-15-13-12(18-4)9(14)11(19-13)10(16)8(2)3/h8,15H,5-7,14H2,1-4H3. The van der Waals surface area contributed by atoms with E-state index in [1.54, 1.807) is 11.8 Å². The van der Waals surface area contributed by atoms with Crippen molar-refractivity contribution in [1.29, 1.82) is 0 Å². The number of ketones is 1. The maximum atomic E-state index is 12.1. The van der Waals surface area contributed by atoms with Gasteiger partial charge in [-0.05, 0) is 13.2 Å². The number of nitrogens with two attached hydrogens (primary N) is 1. The predicted molar refractivity (Wildman–Crippen MR) is 84.7 cm³/mol. The highest BCUT2D eigenvalue weighted by molar-refractivity contribution is 7.99. The lowest BCUT2D eigenvalue weighted by Gasteiger charge is -2.05. The lowest BCUT2D eigenvalue weighted by Crippen LogP contribution is -2.08. The third-order valence-electron chi connectivity index (χ3n) is 2.59. The number of hydrogen-bond donors (Lipinski definition) is 2. The van der Waals surface area contributed by atoms with Gasteiger partial charge in [0.1, 0.15) is 5.00 Å². The van der Waals surface area contributed by atoms with E-state index in [1.807, 2.05) is 27.0 Å². The first-order chi connectivity index (χ1) is 9.02. The van der Waals surface area contributed by atoms with E-state index >= 15 is 0 Å². The second kappa shape index (κ2) is 7.77. The van der Waals surface area contributed by atoms with E-state index < -0.39 is 0 Å². The molecule has 1 aromatic heterocycles. The molecule has 0 aromatic carbocycles. The number of carbonyl (C=O) groups excluding carboxylic acids is 1. The fraction of sp³-hybridized carbons (Fsp3) is 0.615. The van der Waals surface area contributed by atoms with Crippen LogP contribution in [0.4, 0.5) is 10.7 Å². The molecule has 4 nitrogen and oxygen atoms in total. The number of nitrogens with one attached hydrogen (secondary N) is 1. The van der Waals surface area contributed by atoms with Gasteiger partial charge in [-0.2, -0.15) is 0 Å². The van der Waals surface area contributed by atoms with Gasteiger partial charge in [0.15, 0.2) is 5.78 Å². The number of nitrogen functional groups attached to an aromatic ring is 1. The third-order valence-corrected chi connectivity index (χ3v) is 4.73. The number of thiophene rings is 1. The van der Waals surface area contributed by atoms with Crippen LogP contribution in [0.15, 0.2) is 4.90 Å². The fourth-order valence-electron chi connectivity index (χ4n) is 1.57. The van der Waals surface area contributed by atoms with Gasteiger partial charge in [-0.1, -0.05) is 13.8 Å². The first-order valence-corrected chi connectivity index (χ1v) is 8.39. The van der Waals surface area contributed by atoms with Crippen molar-refractivity contribution in [3.63, 3.8) is 0 Å². The maximum Gasteiger partial charge on any atom is 0.177 e. The Morgan fingerprint density at radius 1 is 1.53 bits per heavy atom. The molecule has 0 saturated heterocycles. The number of rotatable bonds is 8. The summed E-state index contributed by atoms with van der Waals surface area (Å²) in [6.45, 7) is 7.83. The molecule has 0 spiro atoms. The van der Waals surface area contributed by atoms with E-state index in [-0.39, 0.29) is 11.7 Å². The van der Waals surface area contributed by atoms with Crippen molar-refractivity contribution in [3.8, 4) is 0 Å². The van der Waals surface area contributed by atoms with Gasteiger partial charge in [-0.25, -0.2) is 0 Å². The molecule has 1 aromatic rings. The molecular formula is C13H22N2O2S2. The van der Waals surface area contributed by atoms with E-state index in [9.17, 15) is 4.79 Å². The van der Waals surface area contributed by atoms with E-state index in [0.717, 1.165) is 16.4 Å². The summed E-state index contributed by atoms with van der Waals surface area (Å²) in [5.41, 5.74) is 6.69. The number of carbonyl (C=O) groups is 1. The highest BCUT2D eigenvalue weighted by atomic mass is 32.2. The zero-order valence-electron chi connectivity index (χ0n) is 11.9. The van der Waals surface area contributed by atoms with Crippen molar-refractivity contribution in [1.82, 2.24) is 0 Å². The van der Waals surface area contributed by atoms with Crippen LogP contribution >= 0.6 is 23.1 Å². The number of anilines is 2. The maximum absolute atomic E-state index is 12.1. The molecule has 0 radical (unpaired) electrons. The van der Waals surface area contributed by atoms with Crippen LogP contribution in [-0.2, 0) is 4.74 Å². The van der Waals surface area contributed by atoms with Crippen LogP contribution in [0.25, 0.3) is 0 Å². The highest BCUT2D eigenvalue weighted by Gasteiger charge is 2.22. The summed E-state index contributed by atoms with van der Waals surface area (Å²) < 4.78 is 5.29. The van der Waals surface area contributed by atoms with Crippen molar-refractivity contribution >= 4 is 39.6 Å². The summed E-state index contributed by atoms with van der Waals surface area (Å²) >= 11 is 3.01. The molecule has 6 heteroatoms. The monoisotopic (exact) mass is 302 g/mol. The Hall–Kier alpha value is -0.720. The smallest absolute Gasteiger partial charge is 0.177 e. The number of thioether (sulfide) groups is 1. The molecule has 0 aliphatic heterocycles. The van der Waals surface area contributed by atoms with Crippen LogP contribution in [-0.4, -0.2) is 31.8 Å². The van der Waals surface area contributed by atoms with Gasteiger partial charge in [0.25, 0.3) is 0 Å². The summed E-state index contributed by atoms with van der Waals surface area (Å²) in [4.78, 5) is 13.7. The lowest BCUT2D eigenvalue weighted by molar-refractivity contribution is 0.0944. The normalized spacial score (nSPS) is 11.0. The third kappa shape index (κ3) is 4.12. The quantitative estimate of drug-likeness (QED) is 0.438. The average Bonchev–Trinajstić information content (AvgIpc) is 2.70. The first-order valence-electron chi connectivity index (χ1n) is 6.34. The molecule has 0 aliphatic carbocycles. The topological polar surface area (TPSA) is 64.3 Å². The van der Waals surface area contributed by atoms with E-state index in [0.29, 0.717) is 23.8 Å². The zero-order chi connectivity index (χ0) is 14.4. The molecule has 0 atom stereocenters. The molecule has 19 heavy (non-hydrogen) atoms. The molecule has 0 amide bonds. The Bertz CT molecular complexity index is 431. The van der Waals surface area contributed by atoms with Crippen LogP contribution in [0.3, 0.4) is 0 Å². The molecule has 108 valence electrons. The van der Waals surface area contributed by atoms with Crippen LogP contribution in [0.2, 0.25) is 0 Å². The van der Waals surface area contributed by atoms with Gasteiger partial charge in [-0.15, -0.1) is 23.1 Å². The van der Waals surface area contributed by atoms with Crippen molar-refractivity contribution in [2.75, 3.05) is 37.1 Å². The van der Waals surface area contributed by atoms with Crippen LogP contribution in [0.5, 0.6) is 0 Å². The Labute approximate surface area is 123 Å². The van der Waals surface area contributed by atoms with Gasteiger partial charge >= 0.3 is 0 Å². The van der Waals surface area contributed by atoms with Gasteiger partial charge in [0, 0.05) is 19.1 Å². The summed E-state index contributed by atoms with van der Waals surface area (Å²) in [5.74, 6) is 0.0718.